The molecule has 0 amide bonds. The van der Waals surface area contributed by atoms with E-state index < -0.39 is 0 Å². The fraction of sp³-hybridized carbons (Fsp3) is 0.385. The van der Waals surface area contributed by atoms with Gasteiger partial charge >= 0.3 is 0 Å². The lowest BCUT2D eigenvalue weighted by Gasteiger charge is -2.32. The summed E-state index contributed by atoms with van der Waals surface area (Å²) in [7, 11) is 0. The lowest BCUT2D eigenvalue weighted by atomic mass is 10.1. The molecule has 1 aromatic rings. The third-order valence-electron chi connectivity index (χ3n) is 2.80. The van der Waals surface area contributed by atoms with Gasteiger partial charge in [-0.05, 0) is 5.56 Å². The molecule has 15 heavy (non-hydrogen) atoms. The Labute approximate surface area is 91.2 Å². The monoisotopic (exact) mass is 203 g/mol. The average molecular weight is 203 g/mol. The number of ether oxygens (including phenoxy) is 1. The zero-order valence-electron chi connectivity index (χ0n) is 8.93. The normalized spacial score (nSPS) is 19.7. The number of hydrogen-bond donors (Lipinski definition) is 0. The van der Waals surface area contributed by atoms with E-state index >= 15 is 0 Å². The zero-order valence-corrected chi connectivity index (χ0v) is 8.93. The van der Waals surface area contributed by atoms with Crippen molar-refractivity contribution < 1.29 is 4.74 Å². The van der Waals surface area contributed by atoms with Crippen molar-refractivity contribution in [3.05, 3.63) is 48.6 Å². The molecule has 0 N–H and O–H groups in total. The fourth-order valence-electron chi connectivity index (χ4n) is 2.00. The van der Waals surface area contributed by atoms with Crippen molar-refractivity contribution >= 4 is 0 Å². The van der Waals surface area contributed by atoms with Crippen molar-refractivity contribution in [2.24, 2.45) is 0 Å². The van der Waals surface area contributed by atoms with Crippen molar-refractivity contribution in [2.45, 2.75) is 6.04 Å². The molecule has 0 aromatic heterocycles. The first kappa shape index (κ1) is 10.4. The molecule has 1 aliphatic heterocycles. The maximum atomic E-state index is 5.35. The van der Waals surface area contributed by atoms with Crippen molar-refractivity contribution in [3.63, 3.8) is 0 Å². The van der Waals surface area contributed by atoms with Gasteiger partial charge in [0.2, 0.25) is 0 Å². The molecule has 0 aliphatic carbocycles. The predicted octanol–water partition coefficient (Wildman–Crippen LogP) is 2.25. The average Bonchev–Trinajstić information content (AvgIpc) is 2.33. The highest BCUT2D eigenvalue weighted by Gasteiger charge is 2.19. The number of hydrogen-bond acceptors (Lipinski definition) is 2. The maximum absolute atomic E-state index is 5.35. The summed E-state index contributed by atoms with van der Waals surface area (Å²) in [5.74, 6) is 0. The molecule has 1 aliphatic rings. The first-order valence-electron chi connectivity index (χ1n) is 5.41. The molecule has 0 bridgehead atoms. The third kappa shape index (κ3) is 2.46. The molecule has 0 radical (unpaired) electrons. The Bertz CT molecular complexity index is 304. The highest BCUT2D eigenvalue weighted by Crippen LogP contribution is 2.22. The third-order valence-corrected chi connectivity index (χ3v) is 2.80. The van der Waals surface area contributed by atoms with Crippen LogP contribution in [-0.2, 0) is 4.74 Å². The van der Waals surface area contributed by atoms with Gasteiger partial charge in [-0.1, -0.05) is 36.4 Å². The standard InChI is InChI=1S/C13H17NO/c1-2-13(12-6-4-3-5-7-12)14-8-10-15-11-9-14/h2-7,13H,1,8-11H2/t13-/m1/s1. The van der Waals surface area contributed by atoms with E-state index in [2.05, 4.69) is 35.7 Å². The number of morpholine rings is 1. The predicted molar refractivity (Wildman–Crippen MR) is 61.8 cm³/mol. The molecule has 1 atom stereocenters. The zero-order chi connectivity index (χ0) is 10.5. The first-order chi connectivity index (χ1) is 7.42. The molecule has 2 rings (SSSR count). The Morgan fingerprint density at radius 1 is 1.20 bits per heavy atom. The van der Waals surface area contributed by atoms with Crippen LogP contribution in [0.2, 0.25) is 0 Å². The van der Waals surface area contributed by atoms with Crippen molar-refractivity contribution in [2.75, 3.05) is 26.3 Å². The Balaban J connectivity index is 2.12. The van der Waals surface area contributed by atoms with Crippen LogP contribution in [0.3, 0.4) is 0 Å². The largest absolute Gasteiger partial charge is 0.379 e. The highest BCUT2D eigenvalue weighted by atomic mass is 16.5. The Hall–Kier alpha value is -1.12. The minimum Gasteiger partial charge on any atom is -0.379 e. The van der Waals surface area contributed by atoms with Crippen LogP contribution in [0.4, 0.5) is 0 Å². The number of benzene rings is 1. The van der Waals surface area contributed by atoms with Gasteiger partial charge < -0.3 is 4.74 Å². The molecule has 1 saturated heterocycles. The van der Waals surface area contributed by atoms with Crippen LogP contribution in [0.25, 0.3) is 0 Å². The molecule has 0 unspecified atom stereocenters. The molecule has 1 heterocycles. The van der Waals surface area contributed by atoms with Gasteiger partial charge in [0.15, 0.2) is 0 Å². The summed E-state index contributed by atoms with van der Waals surface area (Å²) in [6.45, 7) is 7.57. The van der Waals surface area contributed by atoms with Crippen LogP contribution in [-0.4, -0.2) is 31.2 Å². The van der Waals surface area contributed by atoms with E-state index in [1.54, 1.807) is 0 Å². The van der Waals surface area contributed by atoms with Gasteiger partial charge in [0.05, 0.1) is 19.3 Å². The van der Waals surface area contributed by atoms with Gasteiger partial charge in [0.25, 0.3) is 0 Å². The fourth-order valence-corrected chi connectivity index (χ4v) is 2.00. The summed E-state index contributed by atoms with van der Waals surface area (Å²) in [6.07, 6.45) is 2.01. The van der Waals surface area contributed by atoms with Gasteiger partial charge in [0.1, 0.15) is 0 Å². The van der Waals surface area contributed by atoms with E-state index in [-0.39, 0.29) is 0 Å². The summed E-state index contributed by atoms with van der Waals surface area (Å²) in [5.41, 5.74) is 1.31. The molecule has 2 heteroatoms. The molecule has 1 fully saturated rings. The topological polar surface area (TPSA) is 12.5 Å². The lowest BCUT2D eigenvalue weighted by Crippen LogP contribution is -2.38. The summed E-state index contributed by atoms with van der Waals surface area (Å²) in [5, 5.41) is 0. The quantitative estimate of drug-likeness (QED) is 0.699. The summed E-state index contributed by atoms with van der Waals surface area (Å²) < 4.78 is 5.35. The number of rotatable bonds is 3. The Morgan fingerprint density at radius 2 is 1.87 bits per heavy atom. The van der Waals surface area contributed by atoms with Crippen LogP contribution in [0.5, 0.6) is 0 Å². The second-order valence-electron chi connectivity index (χ2n) is 3.74. The van der Waals surface area contributed by atoms with Crippen LogP contribution in [0.1, 0.15) is 11.6 Å². The second-order valence-corrected chi connectivity index (χ2v) is 3.74. The van der Waals surface area contributed by atoms with Crippen molar-refractivity contribution in [3.8, 4) is 0 Å². The first-order valence-corrected chi connectivity index (χ1v) is 5.41. The van der Waals surface area contributed by atoms with Gasteiger partial charge in [-0.25, -0.2) is 0 Å². The Morgan fingerprint density at radius 3 is 2.47 bits per heavy atom. The second kappa shape index (κ2) is 5.10. The minimum atomic E-state index is 0.329. The molecule has 0 saturated carbocycles. The highest BCUT2D eigenvalue weighted by molar-refractivity contribution is 5.22. The van der Waals surface area contributed by atoms with Crippen molar-refractivity contribution in [1.29, 1.82) is 0 Å². The SMILES string of the molecule is C=C[C@H](c1ccccc1)N1CCOCC1. The molecule has 2 nitrogen and oxygen atoms in total. The smallest absolute Gasteiger partial charge is 0.0594 e. The van der Waals surface area contributed by atoms with E-state index in [1.807, 2.05) is 12.1 Å². The summed E-state index contributed by atoms with van der Waals surface area (Å²) in [6, 6.07) is 10.8. The minimum absolute atomic E-state index is 0.329. The molecule has 0 spiro atoms. The van der Waals surface area contributed by atoms with Crippen LogP contribution < -0.4 is 0 Å². The molecular weight excluding hydrogens is 186 g/mol. The molecule has 80 valence electrons. The van der Waals surface area contributed by atoms with Crippen molar-refractivity contribution in [1.82, 2.24) is 4.90 Å². The van der Waals surface area contributed by atoms with Gasteiger partial charge in [-0.2, -0.15) is 0 Å². The summed E-state index contributed by atoms with van der Waals surface area (Å²) >= 11 is 0. The molecule has 1 aromatic carbocycles. The van der Waals surface area contributed by atoms with E-state index in [4.69, 9.17) is 4.74 Å². The van der Waals surface area contributed by atoms with Gasteiger partial charge in [-0.15, -0.1) is 6.58 Å². The van der Waals surface area contributed by atoms with Crippen LogP contribution in [0, 0.1) is 0 Å². The van der Waals surface area contributed by atoms with E-state index in [0.29, 0.717) is 6.04 Å². The summed E-state index contributed by atoms with van der Waals surface area (Å²) in [4.78, 5) is 2.41. The van der Waals surface area contributed by atoms with Gasteiger partial charge in [0, 0.05) is 13.1 Å². The number of nitrogens with zero attached hydrogens (tertiary/aromatic N) is 1. The maximum Gasteiger partial charge on any atom is 0.0594 e. The van der Waals surface area contributed by atoms with E-state index in [0.717, 1.165) is 26.3 Å². The van der Waals surface area contributed by atoms with Crippen LogP contribution >= 0.6 is 0 Å². The van der Waals surface area contributed by atoms with Crippen LogP contribution in [0.15, 0.2) is 43.0 Å². The Kier molecular flexibility index (Phi) is 3.54. The lowest BCUT2D eigenvalue weighted by molar-refractivity contribution is 0.0254. The molecular formula is C13H17NO. The van der Waals surface area contributed by atoms with E-state index in [9.17, 15) is 0 Å². The van der Waals surface area contributed by atoms with Gasteiger partial charge in [-0.3, -0.25) is 4.90 Å². The van der Waals surface area contributed by atoms with E-state index in [1.165, 1.54) is 5.56 Å².